The van der Waals surface area contributed by atoms with Gasteiger partial charge in [0.05, 0.1) is 24.7 Å². The highest BCUT2D eigenvalue weighted by Crippen LogP contribution is 2.45. The summed E-state index contributed by atoms with van der Waals surface area (Å²) >= 11 is 0. The average Bonchev–Trinajstić information content (AvgIpc) is 2.90. The summed E-state index contributed by atoms with van der Waals surface area (Å²) in [5, 5.41) is 0. The van der Waals surface area contributed by atoms with E-state index >= 15 is 0 Å². The molecule has 3 atom stereocenters. The van der Waals surface area contributed by atoms with Crippen molar-refractivity contribution in [1.82, 2.24) is 0 Å². The normalized spacial score (nSPS) is 27.3. The van der Waals surface area contributed by atoms with Gasteiger partial charge in [-0.25, -0.2) is 0 Å². The smallest absolute Gasteiger partial charge is 0.113 e. The van der Waals surface area contributed by atoms with E-state index in [4.69, 9.17) is 4.74 Å². The molecule has 120 valence electrons. The maximum atomic E-state index is 5.81. The van der Waals surface area contributed by atoms with Crippen LogP contribution in [0.4, 0.5) is 0 Å². The predicted molar refractivity (Wildman–Crippen MR) is 89.7 cm³/mol. The van der Waals surface area contributed by atoms with Gasteiger partial charge >= 0.3 is 0 Å². The molecule has 1 fully saturated rings. The second kappa shape index (κ2) is 6.16. The minimum Gasteiger partial charge on any atom is -0.498 e. The molecule has 2 rings (SSSR count). The lowest BCUT2D eigenvalue weighted by atomic mass is 9.81. The van der Waals surface area contributed by atoms with Crippen molar-refractivity contribution >= 4 is 0 Å². The van der Waals surface area contributed by atoms with Crippen molar-refractivity contribution in [3.8, 4) is 0 Å². The molecule has 0 aromatic carbocycles. The Hall–Kier alpha value is -0.760. The van der Waals surface area contributed by atoms with Crippen LogP contribution in [0, 0.1) is 11.8 Å². The molecule has 0 spiro atoms. The van der Waals surface area contributed by atoms with Gasteiger partial charge in [-0.15, -0.1) is 0 Å². The Morgan fingerprint density at radius 3 is 2.29 bits per heavy atom. The largest absolute Gasteiger partial charge is 0.498 e. The quantitative estimate of drug-likeness (QED) is 0.657. The lowest BCUT2D eigenvalue weighted by molar-refractivity contribution is -0.956. The van der Waals surface area contributed by atoms with Crippen LogP contribution in [0.2, 0.25) is 0 Å². The zero-order valence-corrected chi connectivity index (χ0v) is 15.0. The van der Waals surface area contributed by atoms with Gasteiger partial charge in [-0.2, -0.15) is 0 Å². The third-order valence-electron chi connectivity index (χ3n) is 6.03. The fourth-order valence-corrected chi connectivity index (χ4v) is 5.00. The van der Waals surface area contributed by atoms with Crippen LogP contribution in [0.15, 0.2) is 23.6 Å². The molecule has 21 heavy (non-hydrogen) atoms. The second-order valence-corrected chi connectivity index (χ2v) is 7.47. The molecule has 2 aliphatic rings. The standard InChI is InChI=1S/C19H34NO/c1-8-15(6)20(13(2)3,14(4)5)18-9-10-19-17(16(18)7)11-12-21-19/h9-10,13-17H,8,11-12H2,1-7H3/q+1. The molecular formula is C19H34NO+. The highest BCUT2D eigenvalue weighted by Gasteiger charge is 2.48. The Balaban J connectivity index is 2.51. The summed E-state index contributed by atoms with van der Waals surface area (Å²) in [6, 6.07) is 1.85. The molecule has 0 N–H and O–H groups in total. The molecule has 1 aliphatic carbocycles. The molecule has 3 unspecified atom stereocenters. The van der Waals surface area contributed by atoms with Crippen molar-refractivity contribution < 1.29 is 9.22 Å². The molecule has 0 saturated carbocycles. The number of ether oxygens (including phenoxy) is 1. The summed E-state index contributed by atoms with van der Waals surface area (Å²) in [5.74, 6) is 2.41. The Morgan fingerprint density at radius 2 is 1.76 bits per heavy atom. The zero-order valence-electron chi connectivity index (χ0n) is 15.0. The lowest BCUT2D eigenvalue weighted by Crippen LogP contribution is -2.63. The minimum atomic E-state index is 0.589. The third-order valence-corrected chi connectivity index (χ3v) is 6.03. The molecule has 2 nitrogen and oxygen atoms in total. The topological polar surface area (TPSA) is 9.23 Å². The van der Waals surface area contributed by atoms with Gasteiger partial charge in [-0.1, -0.05) is 13.8 Å². The predicted octanol–water partition coefficient (Wildman–Crippen LogP) is 4.87. The van der Waals surface area contributed by atoms with Gasteiger partial charge in [0.2, 0.25) is 0 Å². The average molecular weight is 292 g/mol. The molecule has 0 radical (unpaired) electrons. The van der Waals surface area contributed by atoms with Crippen LogP contribution in [0.25, 0.3) is 0 Å². The summed E-state index contributed by atoms with van der Waals surface area (Å²) in [6.07, 6.45) is 7.04. The van der Waals surface area contributed by atoms with E-state index < -0.39 is 0 Å². The first-order valence-electron chi connectivity index (χ1n) is 8.80. The van der Waals surface area contributed by atoms with Crippen LogP contribution >= 0.6 is 0 Å². The monoisotopic (exact) mass is 292 g/mol. The van der Waals surface area contributed by atoms with E-state index in [1.807, 2.05) is 0 Å². The van der Waals surface area contributed by atoms with Crippen molar-refractivity contribution in [2.75, 3.05) is 6.61 Å². The molecule has 1 heterocycles. The van der Waals surface area contributed by atoms with Gasteiger partial charge in [-0.3, -0.25) is 4.48 Å². The van der Waals surface area contributed by atoms with Gasteiger partial charge in [-0.05, 0) is 59.6 Å². The fraction of sp³-hybridized carbons (Fsp3) is 0.789. The Labute approximate surface area is 131 Å². The highest BCUT2D eigenvalue weighted by molar-refractivity contribution is 5.25. The first-order valence-corrected chi connectivity index (χ1v) is 8.80. The van der Waals surface area contributed by atoms with Gasteiger partial charge in [0.1, 0.15) is 11.5 Å². The lowest BCUT2D eigenvalue weighted by Gasteiger charge is -2.53. The number of nitrogens with zero attached hydrogens (tertiary/aromatic N) is 1. The SMILES string of the molecule is CCC(C)[N+](C1=CC=C2OCCC2C1C)(C(C)C)C(C)C. The number of rotatable bonds is 5. The van der Waals surface area contributed by atoms with E-state index in [2.05, 4.69) is 60.6 Å². The van der Waals surface area contributed by atoms with E-state index in [-0.39, 0.29) is 0 Å². The minimum absolute atomic E-state index is 0.589. The molecule has 1 saturated heterocycles. The molecule has 0 aromatic rings. The second-order valence-electron chi connectivity index (χ2n) is 7.47. The van der Waals surface area contributed by atoms with Crippen molar-refractivity contribution in [3.05, 3.63) is 23.6 Å². The summed E-state index contributed by atoms with van der Waals surface area (Å²) in [7, 11) is 0. The summed E-state index contributed by atoms with van der Waals surface area (Å²) in [6.45, 7) is 17.6. The summed E-state index contributed by atoms with van der Waals surface area (Å²) in [4.78, 5) is 0. The molecule has 0 aromatic heterocycles. The Morgan fingerprint density at radius 1 is 1.14 bits per heavy atom. The van der Waals surface area contributed by atoms with Crippen LogP contribution in [0.1, 0.15) is 61.3 Å². The molecule has 0 amide bonds. The van der Waals surface area contributed by atoms with E-state index in [0.717, 1.165) is 11.1 Å². The van der Waals surface area contributed by atoms with Crippen LogP contribution in [0.3, 0.4) is 0 Å². The highest BCUT2D eigenvalue weighted by atomic mass is 16.5. The van der Waals surface area contributed by atoms with Crippen LogP contribution < -0.4 is 0 Å². The van der Waals surface area contributed by atoms with Crippen LogP contribution in [-0.2, 0) is 4.74 Å². The van der Waals surface area contributed by atoms with Crippen LogP contribution in [0.5, 0.6) is 0 Å². The van der Waals surface area contributed by atoms with Gasteiger partial charge in [0, 0.05) is 11.8 Å². The fourth-order valence-electron chi connectivity index (χ4n) is 5.00. The maximum Gasteiger partial charge on any atom is 0.113 e. The molecule has 1 aliphatic heterocycles. The van der Waals surface area contributed by atoms with Gasteiger partial charge < -0.3 is 4.74 Å². The number of fused-ring (bicyclic) bond motifs is 1. The number of quaternary nitrogens is 1. The van der Waals surface area contributed by atoms with E-state index in [9.17, 15) is 0 Å². The zero-order chi connectivity index (χ0) is 15.8. The summed E-state index contributed by atoms with van der Waals surface area (Å²) in [5.41, 5.74) is 1.62. The van der Waals surface area contributed by atoms with E-state index in [1.165, 1.54) is 18.6 Å². The molecule has 2 heteroatoms. The first kappa shape index (κ1) is 16.6. The number of hydrogen-bond donors (Lipinski definition) is 0. The van der Waals surface area contributed by atoms with E-state index in [0.29, 0.717) is 30.0 Å². The van der Waals surface area contributed by atoms with Crippen molar-refractivity contribution in [1.29, 1.82) is 0 Å². The van der Waals surface area contributed by atoms with E-state index in [1.54, 1.807) is 5.70 Å². The van der Waals surface area contributed by atoms with Gasteiger partial charge in [0.25, 0.3) is 0 Å². The first-order chi connectivity index (χ1) is 9.87. The Kier molecular flexibility index (Phi) is 4.87. The molecule has 0 bridgehead atoms. The van der Waals surface area contributed by atoms with Crippen molar-refractivity contribution in [3.63, 3.8) is 0 Å². The number of allylic oxidation sites excluding steroid dienone is 4. The number of hydrogen-bond acceptors (Lipinski definition) is 1. The van der Waals surface area contributed by atoms with Crippen molar-refractivity contribution in [2.24, 2.45) is 11.8 Å². The van der Waals surface area contributed by atoms with Crippen molar-refractivity contribution in [2.45, 2.75) is 79.4 Å². The summed E-state index contributed by atoms with van der Waals surface area (Å²) < 4.78 is 6.93. The van der Waals surface area contributed by atoms with Crippen LogP contribution in [-0.4, -0.2) is 29.2 Å². The molecular weight excluding hydrogens is 258 g/mol. The van der Waals surface area contributed by atoms with Gasteiger partial charge in [0.15, 0.2) is 0 Å². The Bertz CT molecular complexity index is 425. The maximum absolute atomic E-state index is 5.81. The third kappa shape index (κ3) is 2.46.